The Bertz CT molecular complexity index is 887. The predicted molar refractivity (Wildman–Crippen MR) is 107 cm³/mol. The number of carbonyl (C=O) groups is 1. The number of hydrogen-bond donors (Lipinski definition) is 1. The lowest BCUT2D eigenvalue weighted by Gasteiger charge is -2.34. The Morgan fingerprint density at radius 2 is 1.93 bits per heavy atom. The minimum absolute atomic E-state index is 0.0346. The van der Waals surface area contributed by atoms with Crippen molar-refractivity contribution in [1.82, 2.24) is 9.88 Å². The SMILES string of the molecule is N#C/C(=C/N1CCN(c2ccccn2)CC1)C(=O)Nc1ccc(Cl)c(Cl)c1. The number of piperazine rings is 1. The van der Waals surface area contributed by atoms with Crippen LogP contribution in [0.1, 0.15) is 0 Å². The first-order chi connectivity index (χ1) is 13.1. The van der Waals surface area contributed by atoms with Crippen molar-refractivity contribution in [2.24, 2.45) is 0 Å². The Labute approximate surface area is 167 Å². The van der Waals surface area contributed by atoms with Gasteiger partial charge in [0, 0.05) is 44.3 Å². The van der Waals surface area contributed by atoms with Crippen LogP contribution in [-0.4, -0.2) is 42.0 Å². The van der Waals surface area contributed by atoms with Crippen LogP contribution >= 0.6 is 23.2 Å². The number of aromatic nitrogens is 1. The van der Waals surface area contributed by atoms with Crippen molar-refractivity contribution in [2.45, 2.75) is 0 Å². The fourth-order valence-electron chi connectivity index (χ4n) is 2.71. The highest BCUT2D eigenvalue weighted by Gasteiger charge is 2.18. The quantitative estimate of drug-likeness (QED) is 0.626. The molecule has 1 aromatic carbocycles. The topological polar surface area (TPSA) is 72.3 Å². The average Bonchev–Trinajstić information content (AvgIpc) is 2.70. The Balaban J connectivity index is 1.62. The van der Waals surface area contributed by atoms with Crippen molar-refractivity contribution in [2.75, 3.05) is 36.4 Å². The van der Waals surface area contributed by atoms with Crippen LogP contribution in [0.3, 0.4) is 0 Å². The first-order valence-corrected chi connectivity index (χ1v) is 9.11. The van der Waals surface area contributed by atoms with Crippen LogP contribution in [-0.2, 0) is 4.79 Å². The third-order valence-electron chi connectivity index (χ3n) is 4.14. The predicted octanol–water partition coefficient (Wildman–Crippen LogP) is 3.56. The molecule has 0 saturated carbocycles. The van der Waals surface area contributed by atoms with Gasteiger partial charge >= 0.3 is 0 Å². The van der Waals surface area contributed by atoms with E-state index < -0.39 is 5.91 Å². The van der Waals surface area contributed by atoms with Crippen molar-refractivity contribution in [1.29, 1.82) is 5.26 Å². The molecule has 0 radical (unpaired) electrons. The molecule has 138 valence electrons. The number of anilines is 2. The van der Waals surface area contributed by atoms with Crippen LogP contribution in [0.25, 0.3) is 0 Å². The van der Waals surface area contributed by atoms with Gasteiger partial charge < -0.3 is 15.1 Å². The van der Waals surface area contributed by atoms with Crippen molar-refractivity contribution in [3.05, 3.63) is 64.4 Å². The maximum atomic E-state index is 12.4. The van der Waals surface area contributed by atoms with Gasteiger partial charge in [0.05, 0.1) is 10.0 Å². The largest absolute Gasteiger partial charge is 0.373 e. The zero-order valence-corrected chi connectivity index (χ0v) is 15.9. The standard InChI is InChI=1S/C19H17Cl2N5O/c20-16-5-4-15(11-17(16)21)24-19(27)14(12-22)13-25-7-9-26(10-8-25)18-3-1-2-6-23-18/h1-6,11,13H,7-10H2,(H,24,27)/b14-13-. The maximum absolute atomic E-state index is 12.4. The number of benzene rings is 1. The van der Waals surface area contributed by atoms with Crippen LogP contribution < -0.4 is 10.2 Å². The molecule has 0 aliphatic carbocycles. The first-order valence-electron chi connectivity index (χ1n) is 8.35. The van der Waals surface area contributed by atoms with Crippen molar-refractivity contribution in [3.8, 4) is 6.07 Å². The van der Waals surface area contributed by atoms with E-state index in [4.69, 9.17) is 23.2 Å². The van der Waals surface area contributed by atoms with Gasteiger partial charge in [-0.3, -0.25) is 4.79 Å². The molecule has 0 spiro atoms. The molecule has 3 rings (SSSR count). The van der Waals surface area contributed by atoms with E-state index in [1.165, 1.54) is 0 Å². The lowest BCUT2D eigenvalue weighted by atomic mass is 10.2. The highest BCUT2D eigenvalue weighted by Crippen LogP contribution is 2.25. The lowest BCUT2D eigenvalue weighted by Crippen LogP contribution is -2.44. The number of pyridine rings is 1. The number of halogens is 2. The summed E-state index contributed by atoms with van der Waals surface area (Å²) in [5.41, 5.74) is 0.517. The fourth-order valence-corrected chi connectivity index (χ4v) is 3.01. The summed E-state index contributed by atoms with van der Waals surface area (Å²) in [6.07, 6.45) is 3.37. The van der Waals surface area contributed by atoms with E-state index in [-0.39, 0.29) is 5.57 Å². The van der Waals surface area contributed by atoms with Crippen LogP contribution in [0.4, 0.5) is 11.5 Å². The number of rotatable bonds is 4. The Morgan fingerprint density at radius 1 is 1.15 bits per heavy atom. The number of nitriles is 1. The highest BCUT2D eigenvalue weighted by molar-refractivity contribution is 6.42. The summed E-state index contributed by atoms with van der Waals surface area (Å²) in [4.78, 5) is 20.9. The second kappa shape index (κ2) is 8.76. The molecule has 1 aromatic heterocycles. The molecule has 8 heteroatoms. The van der Waals surface area contributed by atoms with Crippen LogP contribution in [0, 0.1) is 11.3 Å². The molecule has 1 aliphatic heterocycles. The minimum atomic E-state index is -0.483. The normalized spacial score (nSPS) is 14.6. The van der Waals surface area contributed by atoms with Gasteiger partial charge in [-0.05, 0) is 30.3 Å². The van der Waals surface area contributed by atoms with E-state index in [1.807, 2.05) is 29.2 Å². The van der Waals surface area contributed by atoms with Gasteiger partial charge in [-0.15, -0.1) is 0 Å². The average molecular weight is 402 g/mol. The van der Waals surface area contributed by atoms with Crippen molar-refractivity contribution in [3.63, 3.8) is 0 Å². The van der Waals surface area contributed by atoms with Gasteiger partial charge in [0.2, 0.25) is 0 Å². The van der Waals surface area contributed by atoms with Gasteiger partial charge in [-0.25, -0.2) is 4.98 Å². The van der Waals surface area contributed by atoms with Gasteiger partial charge in [0.1, 0.15) is 17.5 Å². The summed E-state index contributed by atoms with van der Waals surface area (Å²) in [5, 5.41) is 12.8. The molecule has 2 heterocycles. The second-order valence-electron chi connectivity index (χ2n) is 5.95. The summed E-state index contributed by atoms with van der Waals surface area (Å²) >= 11 is 11.8. The third kappa shape index (κ3) is 4.91. The molecule has 1 fully saturated rings. The van der Waals surface area contributed by atoms with Gasteiger partial charge in [0.15, 0.2) is 0 Å². The molecule has 2 aromatic rings. The third-order valence-corrected chi connectivity index (χ3v) is 4.88. The van der Waals surface area contributed by atoms with Gasteiger partial charge in [0.25, 0.3) is 5.91 Å². The summed E-state index contributed by atoms with van der Waals surface area (Å²) in [5.74, 6) is 0.446. The number of hydrogen-bond acceptors (Lipinski definition) is 5. The Kier molecular flexibility index (Phi) is 6.17. The van der Waals surface area contributed by atoms with E-state index >= 15 is 0 Å². The Morgan fingerprint density at radius 3 is 2.56 bits per heavy atom. The fraction of sp³-hybridized carbons (Fsp3) is 0.211. The van der Waals surface area contributed by atoms with Crippen molar-refractivity contribution >= 4 is 40.6 Å². The number of amides is 1. The van der Waals surface area contributed by atoms with Crippen LogP contribution in [0.5, 0.6) is 0 Å². The molecule has 1 saturated heterocycles. The van der Waals surface area contributed by atoms with E-state index in [2.05, 4.69) is 15.2 Å². The molecule has 1 aliphatic rings. The highest BCUT2D eigenvalue weighted by atomic mass is 35.5. The summed E-state index contributed by atoms with van der Waals surface area (Å²) in [7, 11) is 0. The number of nitrogens with zero attached hydrogens (tertiary/aromatic N) is 4. The summed E-state index contributed by atoms with van der Waals surface area (Å²) < 4.78 is 0. The molecule has 27 heavy (non-hydrogen) atoms. The molecule has 1 amide bonds. The number of carbonyl (C=O) groups excluding carboxylic acids is 1. The lowest BCUT2D eigenvalue weighted by molar-refractivity contribution is -0.112. The molecule has 0 atom stereocenters. The van der Waals surface area contributed by atoms with Crippen molar-refractivity contribution < 1.29 is 4.79 Å². The molecular formula is C19H17Cl2N5O. The minimum Gasteiger partial charge on any atom is -0.373 e. The summed E-state index contributed by atoms with van der Waals surface area (Å²) in [6, 6.07) is 12.5. The zero-order chi connectivity index (χ0) is 19.2. The maximum Gasteiger partial charge on any atom is 0.267 e. The zero-order valence-electron chi connectivity index (χ0n) is 14.4. The molecule has 0 bridgehead atoms. The first kappa shape index (κ1) is 19.0. The van der Waals surface area contributed by atoms with E-state index in [1.54, 1.807) is 30.6 Å². The molecule has 0 unspecified atom stereocenters. The second-order valence-corrected chi connectivity index (χ2v) is 6.76. The van der Waals surface area contributed by atoms with E-state index in [0.717, 1.165) is 18.9 Å². The van der Waals surface area contributed by atoms with E-state index in [0.29, 0.717) is 28.8 Å². The smallest absolute Gasteiger partial charge is 0.267 e. The Hall–Kier alpha value is -2.75. The van der Waals surface area contributed by atoms with Gasteiger partial charge in [-0.1, -0.05) is 29.3 Å². The monoisotopic (exact) mass is 401 g/mol. The summed E-state index contributed by atoms with van der Waals surface area (Å²) in [6.45, 7) is 2.92. The van der Waals surface area contributed by atoms with E-state index in [9.17, 15) is 10.1 Å². The molecule has 6 nitrogen and oxygen atoms in total. The number of nitrogens with one attached hydrogen (secondary N) is 1. The molecule has 1 N–H and O–H groups in total. The van der Waals surface area contributed by atoms with Crippen LogP contribution in [0.2, 0.25) is 10.0 Å². The van der Waals surface area contributed by atoms with Gasteiger partial charge in [-0.2, -0.15) is 5.26 Å². The molecular weight excluding hydrogens is 385 g/mol. The van der Waals surface area contributed by atoms with Crippen LogP contribution in [0.15, 0.2) is 54.4 Å².